The van der Waals surface area contributed by atoms with Gasteiger partial charge in [-0.3, -0.25) is 4.79 Å². The van der Waals surface area contributed by atoms with Crippen molar-refractivity contribution >= 4 is 11.6 Å². The van der Waals surface area contributed by atoms with Crippen molar-refractivity contribution in [3.8, 4) is 11.4 Å². The van der Waals surface area contributed by atoms with Gasteiger partial charge in [0.05, 0.1) is 0 Å². The summed E-state index contributed by atoms with van der Waals surface area (Å²) in [6.07, 6.45) is 3.27. The normalized spacial score (nSPS) is 13.3. The second-order valence-electron chi connectivity index (χ2n) is 6.09. The molecule has 1 aromatic heterocycles. The van der Waals surface area contributed by atoms with Crippen molar-refractivity contribution in [2.45, 2.75) is 25.8 Å². The van der Waals surface area contributed by atoms with Gasteiger partial charge in [-0.2, -0.15) is 0 Å². The molecular weight excluding hydrogens is 319 g/mol. The molecule has 1 N–H and O–H groups in total. The standard InChI is InChI=1S/C19H17FN4O/c20-15-8-4-14(5-9-15)19(25)21-16-10-6-13(7-11-16)18-23-22-17-3-1-2-12-24(17)18/h4-11H,1-3,12H2,(H,21,25). The van der Waals surface area contributed by atoms with E-state index in [4.69, 9.17) is 0 Å². The van der Waals surface area contributed by atoms with Crippen LogP contribution in [0.1, 0.15) is 29.0 Å². The number of anilines is 1. The summed E-state index contributed by atoms with van der Waals surface area (Å²) in [7, 11) is 0. The molecular formula is C19H17FN4O. The predicted octanol–water partition coefficient (Wildman–Crippen LogP) is 3.67. The third-order valence-electron chi connectivity index (χ3n) is 4.37. The first-order valence-electron chi connectivity index (χ1n) is 8.30. The van der Waals surface area contributed by atoms with Crippen LogP contribution in [-0.4, -0.2) is 20.7 Å². The fraction of sp³-hybridized carbons (Fsp3) is 0.211. The van der Waals surface area contributed by atoms with Gasteiger partial charge in [0.25, 0.3) is 5.91 Å². The van der Waals surface area contributed by atoms with E-state index >= 15 is 0 Å². The Morgan fingerprint density at radius 3 is 2.52 bits per heavy atom. The van der Waals surface area contributed by atoms with Gasteiger partial charge in [0.15, 0.2) is 5.82 Å². The summed E-state index contributed by atoms with van der Waals surface area (Å²) in [5.41, 5.74) is 2.06. The second-order valence-corrected chi connectivity index (χ2v) is 6.09. The molecule has 0 radical (unpaired) electrons. The molecule has 1 amide bonds. The quantitative estimate of drug-likeness (QED) is 0.794. The van der Waals surface area contributed by atoms with Gasteiger partial charge in [-0.1, -0.05) is 0 Å². The van der Waals surface area contributed by atoms with Crippen LogP contribution < -0.4 is 5.32 Å². The number of fused-ring (bicyclic) bond motifs is 1. The molecule has 25 heavy (non-hydrogen) atoms. The van der Waals surface area contributed by atoms with Gasteiger partial charge < -0.3 is 9.88 Å². The Bertz CT molecular complexity index is 900. The zero-order valence-corrected chi connectivity index (χ0v) is 13.6. The highest BCUT2D eigenvalue weighted by Crippen LogP contribution is 2.24. The zero-order chi connectivity index (χ0) is 17.2. The summed E-state index contributed by atoms with van der Waals surface area (Å²) in [5.74, 6) is 1.27. The number of carbonyl (C=O) groups excluding carboxylic acids is 1. The highest BCUT2D eigenvalue weighted by atomic mass is 19.1. The van der Waals surface area contributed by atoms with E-state index in [0.29, 0.717) is 11.3 Å². The molecule has 126 valence electrons. The molecule has 0 fully saturated rings. The molecule has 6 heteroatoms. The van der Waals surface area contributed by atoms with Gasteiger partial charge in [-0.05, 0) is 61.4 Å². The largest absolute Gasteiger partial charge is 0.322 e. The number of rotatable bonds is 3. The Morgan fingerprint density at radius 1 is 1.00 bits per heavy atom. The first-order chi connectivity index (χ1) is 12.2. The molecule has 0 saturated heterocycles. The number of nitrogens with zero attached hydrogens (tertiary/aromatic N) is 3. The minimum atomic E-state index is -0.363. The second kappa shape index (κ2) is 6.47. The molecule has 4 rings (SSSR count). The number of benzene rings is 2. The van der Waals surface area contributed by atoms with Crippen molar-refractivity contribution in [3.05, 3.63) is 65.7 Å². The molecule has 0 aliphatic carbocycles. The molecule has 3 aromatic rings. The van der Waals surface area contributed by atoms with Crippen LogP contribution in [0.5, 0.6) is 0 Å². The highest BCUT2D eigenvalue weighted by Gasteiger charge is 2.16. The third-order valence-corrected chi connectivity index (χ3v) is 4.37. The maximum Gasteiger partial charge on any atom is 0.255 e. The number of carbonyl (C=O) groups is 1. The van der Waals surface area contributed by atoms with Crippen molar-refractivity contribution < 1.29 is 9.18 Å². The van der Waals surface area contributed by atoms with E-state index in [1.165, 1.54) is 24.3 Å². The summed E-state index contributed by atoms with van der Waals surface area (Å²) in [4.78, 5) is 12.2. The van der Waals surface area contributed by atoms with Crippen LogP contribution in [0.4, 0.5) is 10.1 Å². The SMILES string of the molecule is O=C(Nc1ccc(-c2nnc3n2CCCC3)cc1)c1ccc(F)cc1. The highest BCUT2D eigenvalue weighted by molar-refractivity contribution is 6.04. The zero-order valence-electron chi connectivity index (χ0n) is 13.6. The average molecular weight is 336 g/mol. The van der Waals surface area contributed by atoms with Crippen LogP contribution in [0.25, 0.3) is 11.4 Å². The molecule has 1 aliphatic rings. The maximum atomic E-state index is 12.9. The van der Waals surface area contributed by atoms with E-state index in [1.54, 1.807) is 0 Å². The fourth-order valence-corrected chi connectivity index (χ4v) is 3.03. The summed E-state index contributed by atoms with van der Waals surface area (Å²) >= 11 is 0. The van der Waals surface area contributed by atoms with E-state index < -0.39 is 0 Å². The minimum Gasteiger partial charge on any atom is -0.322 e. The maximum absolute atomic E-state index is 12.9. The number of aromatic nitrogens is 3. The van der Waals surface area contributed by atoms with Crippen LogP contribution in [0.15, 0.2) is 48.5 Å². The van der Waals surface area contributed by atoms with Crippen LogP contribution in [0, 0.1) is 5.82 Å². The molecule has 0 atom stereocenters. The summed E-state index contributed by atoms with van der Waals surface area (Å²) in [6.45, 7) is 0.945. The molecule has 0 bridgehead atoms. The van der Waals surface area contributed by atoms with E-state index in [1.807, 2.05) is 24.3 Å². The Labute approximate surface area is 144 Å². The van der Waals surface area contributed by atoms with Crippen LogP contribution in [0.2, 0.25) is 0 Å². The molecule has 1 aliphatic heterocycles. The Balaban J connectivity index is 1.51. The monoisotopic (exact) mass is 336 g/mol. The molecule has 2 heterocycles. The van der Waals surface area contributed by atoms with Gasteiger partial charge in [0.1, 0.15) is 11.6 Å². The smallest absolute Gasteiger partial charge is 0.255 e. The number of nitrogens with one attached hydrogen (secondary N) is 1. The molecule has 5 nitrogen and oxygen atoms in total. The summed E-state index contributed by atoms with van der Waals surface area (Å²) in [5, 5.41) is 11.4. The molecule has 0 unspecified atom stereocenters. The number of halogens is 1. The van der Waals surface area contributed by atoms with E-state index in [-0.39, 0.29) is 11.7 Å². The fourth-order valence-electron chi connectivity index (χ4n) is 3.03. The Kier molecular flexibility index (Phi) is 4.01. The van der Waals surface area contributed by atoms with E-state index in [9.17, 15) is 9.18 Å². The summed E-state index contributed by atoms with van der Waals surface area (Å²) < 4.78 is 15.1. The van der Waals surface area contributed by atoms with Crippen LogP contribution in [-0.2, 0) is 13.0 Å². The Morgan fingerprint density at radius 2 is 1.76 bits per heavy atom. The first-order valence-corrected chi connectivity index (χ1v) is 8.30. The molecule has 0 saturated carbocycles. The minimum absolute atomic E-state index is 0.271. The predicted molar refractivity (Wildman–Crippen MR) is 92.7 cm³/mol. The van der Waals surface area contributed by atoms with Crippen molar-refractivity contribution in [2.24, 2.45) is 0 Å². The van der Waals surface area contributed by atoms with Gasteiger partial charge in [-0.25, -0.2) is 4.39 Å². The molecule has 2 aromatic carbocycles. The number of amides is 1. The van der Waals surface area contributed by atoms with Gasteiger partial charge in [0, 0.05) is 29.8 Å². The lowest BCUT2D eigenvalue weighted by Gasteiger charge is -2.14. The third kappa shape index (κ3) is 3.15. The van der Waals surface area contributed by atoms with Crippen LogP contribution >= 0.6 is 0 Å². The lowest BCUT2D eigenvalue weighted by atomic mass is 10.1. The summed E-state index contributed by atoms with van der Waals surface area (Å²) in [6, 6.07) is 13.0. The average Bonchev–Trinajstić information content (AvgIpc) is 3.07. The lowest BCUT2D eigenvalue weighted by molar-refractivity contribution is 0.102. The van der Waals surface area contributed by atoms with Crippen molar-refractivity contribution in [1.29, 1.82) is 0 Å². The number of hydrogen-bond acceptors (Lipinski definition) is 3. The van der Waals surface area contributed by atoms with Crippen LogP contribution in [0.3, 0.4) is 0 Å². The lowest BCUT2D eigenvalue weighted by Crippen LogP contribution is -2.12. The first kappa shape index (κ1) is 15.5. The van der Waals surface area contributed by atoms with Gasteiger partial charge in [0.2, 0.25) is 0 Å². The number of hydrogen-bond donors (Lipinski definition) is 1. The Hall–Kier alpha value is -3.02. The van der Waals surface area contributed by atoms with Gasteiger partial charge >= 0.3 is 0 Å². The molecule has 0 spiro atoms. The van der Waals surface area contributed by atoms with Crippen molar-refractivity contribution in [3.63, 3.8) is 0 Å². The number of aryl methyl sites for hydroxylation is 1. The van der Waals surface area contributed by atoms with Gasteiger partial charge in [-0.15, -0.1) is 10.2 Å². The van der Waals surface area contributed by atoms with E-state index in [2.05, 4.69) is 20.1 Å². The van der Waals surface area contributed by atoms with E-state index in [0.717, 1.165) is 43.0 Å². The van der Waals surface area contributed by atoms with Crippen molar-refractivity contribution in [1.82, 2.24) is 14.8 Å². The topological polar surface area (TPSA) is 59.8 Å². The van der Waals surface area contributed by atoms with Crippen molar-refractivity contribution in [2.75, 3.05) is 5.32 Å².